The predicted octanol–water partition coefficient (Wildman–Crippen LogP) is 2.14. The molecule has 20 heavy (non-hydrogen) atoms. The van der Waals surface area contributed by atoms with Crippen LogP contribution in [0.3, 0.4) is 0 Å². The number of pyridine rings is 2. The molecule has 0 saturated heterocycles. The summed E-state index contributed by atoms with van der Waals surface area (Å²) < 4.78 is 1.58. The second-order valence-corrected chi connectivity index (χ2v) is 4.62. The van der Waals surface area contributed by atoms with Crippen molar-refractivity contribution in [3.8, 4) is 0 Å². The van der Waals surface area contributed by atoms with Crippen molar-refractivity contribution in [3.63, 3.8) is 0 Å². The summed E-state index contributed by atoms with van der Waals surface area (Å²) in [6, 6.07) is 11.9. The molecular formula is C15H8N2O3. The van der Waals surface area contributed by atoms with Crippen LogP contribution in [0.15, 0.2) is 47.3 Å². The average Bonchev–Trinajstić information content (AvgIpc) is 2.79. The largest absolute Gasteiger partial charge is 0.477 e. The van der Waals surface area contributed by atoms with E-state index in [2.05, 4.69) is 4.98 Å². The summed E-state index contributed by atoms with van der Waals surface area (Å²) in [6.07, 6.45) is 0. The highest BCUT2D eigenvalue weighted by Gasteiger charge is 2.16. The van der Waals surface area contributed by atoms with Crippen LogP contribution in [-0.2, 0) is 0 Å². The zero-order valence-electron chi connectivity index (χ0n) is 10.2. The van der Waals surface area contributed by atoms with E-state index >= 15 is 0 Å². The van der Waals surface area contributed by atoms with Gasteiger partial charge in [0.15, 0.2) is 0 Å². The molecule has 0 unspecified atom stereocenters. The van der Waals surface area contributed by atoms with Gasteiger partial charge in [-0.3, -0.25) is 9.20 Å². The molecule has 3 heterocycles. The molecule has 0 spiro atoms. The molecule has 5 heteroatoms. The van der Waals surface area contributed by atoms with Crippen molar-refractivity contribution < 1.29 is 9.90 Å². The molecule has 0 fully saturated rings. The lowest BCUT2D eigenvalue weighted by atomic mass is 10.1. The number of carbonyl (C=O) groups is 1. The highest BCUT2D eigenvalue weighted by atomic mass is 16.4. The fourth-order valence-corrected chi connectivity index (χ4v) is 2.69. The maximum absolute atomic E-state index is 12.1. The lowest BCUT2D eigenvalue weighted by molar-refractivity contribution is 0.0691. The molecule has 0 amide bonds. The van der Waals surface area contributed by atoms with Crippen molar-refractivity contribution in [3.05, 3.63) is 58.5 Å². The quantitative estimate of drug-likeness (QED) is 0.571. The molecule has 4 rings (SSSR count). The first kappa shape index (κ1) is 10.9. The number of aromatic carboxylic acids is 1. The Labute approximate surface area is 112 Å². The van der Waals surface area contributed by atoms with E-state index in [0.717, 1.165) is 16.3 Å². The molecule has 0 aliphatic heterocycles. The SMILES string of the molecule is O=C(O)c1cc2c3ccccc3n3c(=O)ccc(n1)c23. The first-order chi connectivity index (χ1) is 9.66. The summed E-state index contributed by atoms with van der Waals surface area (Å²) in [5.74, 6) is -1.08. The van der Waals surface area contributed by atoms with E-state index < -0.39 is 5.97 Å². The number of fused-ring (bicyclic) bond motifs is 3. The number of para-hydroxylation sites is 1. The van der Waals surface area contributed by atoms with Crippen molar-refractivity contribution in [2.24, 2.45) is 0 Å². The van der Waals surface area contributed by atoms with Gasteiger partial charge in [0.25, 0.3) is 5.56 Å². The van der Waals surface area contributed by atoms with Gasteiger partial charge in [-0.15, -0.1) is 0 Å². The number of rotatable bonds is 1. The standard InChI is InChI=1S/C15H8N2O3/c18-13-6-5-10-14-9(7-11(16-10)15(19)20)8-3-1-2-4-12(8)17(13)14/h1-7H,(H,19,20). The van der Waals surface area contributed by atoms with E-state index in [4.69, 9.17) is 5.11 Å². The summed E-state index contributed by atoms with van der Waals surface area (Å²) in [4.78, 5) is 27.4. The van der Waals surface area contributed by atoms with Crippen LogP contribution in [0.4, 0.5) is 0 Å². The molecule has 1 aromatic carbocycles. The fraction of sp³-hybridized carbons (Fsp3) is 0. The molecule has 0 aliphatic carbocycles. The number of carboxylic acids is 1. The third kappa shape index (κ3) is 1.23. The van der Waals surface area contributed by atoms with Crippen LogP contribution in [0.5, 0.6) is 0 Å². The zero-order chi connectivity index (χ0) is 13.9. The molecule has 0 aliphatic rings. The molecule has 0 saturated carbocycles. The van der Waals surface area contributed by atoms with Gasteiger partial charge in [-0.2, -0.15) is 0 Å². The van der Waals surface area contributed by atoms with Gasteiger partial charge in [0.1, 0.15) is 5.69 Å². The van der Waals surface area contributed by atoms with Crippen LogP contribution in [0.2, 0.25) is 0 Å². The summed E-state index contributed by atoms with van der Waals surface area (Å²) in [7, 11) is 0. The second-order valence-electron chi connectivity index (χ2n) is 4.62. The monoisotopic (exact) mass is 264 g/mol. The third-order valence-electron chi connectivity index (χ3n) is 3.50. The first-order valence-corrected chi connectivity index (χ1v) is 6.07. The van der Waals surface area contributed by atoms with Gasteiger partial charge in [0.05, 0.1) is 16.6 Å². The normalized spacial score (nSPS) is 11.6. The average molecular weight is 264 g/mol. The molecule has 96 valence electrons. The zero-order valence-corrected chi connectivity index (χ0v) is 10.2. The van der Waals surface area contributed by atoms with Gasteiger partial charge in [-0.25, -0.2) is 9.78 Å². The Kier molecular flexibility index (Phi) is 1.93. The van der Waals surface area contributed by atoms with Gasteiger partial charge in [-0.05, 0) is 18.2 Å². The number of aromatic nitrogens is 2. The van der Waals surface area contributed by atoms with Crippen molar-refractivity contribution in [1.29, 1.82) is 0 Å². The lowest BCUT2D eigenvalue weighted by Crippen LogP contribution is -2.11. The van der Waals surface area contributed by atoms with Crippen LogP contribution in [0.25, 0.3) is 27.3 Å². The molecule has 1 N–H and O–H groups in total. The third-order valence-corrected chi connectivity index (χ3v) is 3.50. The van der Waals surface area contributed by atoms with Gasteiger partial charge in [0, 0.05) is 16.8 Å². The fourth-order valence-electron chi connectivity index (χ4n) is 2.69. The predicted molar refractivity (Wildman–Crippen MR) is 74.6 cm³/mol. The maximum atomic E-state index is 12.1. The number of hydrogen-bond acceptors (Lipinski definition) is 3. The number of nitrogens with zero attached hydrogens (tertiary/aromatic N) is 2. The van der Waals surface area contributed by atoms with Crippen LogP contribution < -0.4 is 5.56 Å². The van der Waals surface area contributed by atoms with Crippen LogP contribution >= 0.6 is 0 Å². The smallest absolute Gasteiger partial charge is 0.354 e. The van der Waals surface area contributed by atoms with Crippen molar-refractivity contribution in [2.45, 2.75) is 0 Å². The van der Waals surface area contributed by atoms with Gasteiger partial charge >= 0.3 is 5.97 Å². The van der Waals surface area contributed by atoms with Crippen LogP contribution in [-0.4, -0.2) is 20.5 Å². The molecule has 5 nitrogen and oxygen atoms in total. The summed E-state index contributed by atoms with van der Waals surface area (Å²) in [5, 5.41) is 10.7. The minimum atomic E-state index is -1.08. The van der Waals surface area contributed by atoms with Crippen molar-refractivity contribution in [1.82, 2.24) is 9.38 Å². The topological polar surface area (TPSA) is 71.7 Å². The minimum absolute atomic E-state index is 0.0191. The maximum Gasteiger partial charge on any atom is 0.354 e. The highest BCUT2D eigenvalue weighted by molar-refractivity contribution is 6.14. The van der Waals surface area contributed by atoms with Gasteiger partial charge in [-0.1, -0.05) is 18.2 Å². The Hall–Kier alpha value is -2.95. The van der Waals surface area contributed by atoms with Crippen molar-refractivity contribution in [2.75, 3.05) is 0 Å². The van der Waals surface area contributed by atoms with E-state index in [1.54, 1.807) is 10.5 Å². The number of benzene rings is 1. The van der Waals surface area contributed by atoms with E-state index in [1.807, 2.05) is 24.3 Å². The molecular weight excluding hydrogens is 256 g/mol. The summed E-state index contributed by atoms with van der Waals surface area (Å²) in [6.45, 7) is 0. The Morgan fingerprint density at radius 3 is 2.70 bits per heavy atom. The second kappa shape index (κ2) is 3.54. The molecule has 0 bridgehead atoms. The van der Waals surface area contributed by atoms with Crippen LogP contribution in [0.1, 0.15) is 10.5 Å². The van der Waals surface area contributed by atoms with E-state index in [9.17, 15) is 9.59 Å². The van der Waals surface area contributed by atoms with E-state index in [0.29, 0.717) is 11.0 Å². The summed E-state index contributed by atoms with van der Waals surface area (Å²) >= 11 is 0. The Bertz CT molecular complexity index is 1050. The molecule has 0 atom stereocenters. The molecule has 3 aromatic heterocycles. The Balaban J connectivity index is 2.42. The number of hydrogen-bond donors (Lipinski definition) is 1. The van der Waals surface area contributed by atoms with Gasteiger partial charge in [0.2, 0.25) is 0 Å². The lowest BCUT2D eigenvalue weighted by Gasteiger charge is -2.01. The van der Waals surface area contributed by atoms with Crippen LogP contribution in [0, 0.1) is 0 Å². The number of carboxylic acid groups (broad SMARTS) is 1. The van der Waals surface area contributed by atoms with E-state index in [-0.39, 0.29) is 11.3 Å². The molecule has 0 radical (unpaired) electrons. The Morgan fingerprint density at radius 1 is 1.10 bits per heavy atom. The summed E-state index contributed by atoms with van der Waals surface area (Å²) in [5.41, 5.74) is 1.78. The molecule has 4 aromatic rings. The Morgan fingerprint density at radius 2 is 1.90 bits per heavy atom. The first-order valence-electron chi connectivity index (χ1n) is 6.07. The highest BCUT2D eigenvalue weighted by Crippen LogP contribution is 2.30. The van der Waals surface area contributed by atoms with Gasteiger partial charge < -0.3 is 5.11 Å². The minimum Gasteiger partial charge on any atom is -0.477 e. The van der Waals surface area contributed by atoms with E-state index in [1.165, 1.54) is 12.1 Å². The van der Waals surface area contributed by atoms with Crippen molar-refractivity contribution >= 4 is 33.3 Å².